The lowest BCUT2D eigenvalue weighted by Gasteiger charge is -2.26. The summed E-state index contributed by atoms with van der Waals surface area (Å²) in [6.45, 7) is 3.45. The van der Waals surface area contributed by atoms with Crippen LogP contribution in [0.2, 0.25) is 0 Å². The molecule has 0 saturated carbocycles. The molecule has 0 bridgehead atoms. The van der Waals surface area contributed by atoms with Crippen molar-refractivity contribution >= 4 is 5.91 Å². The number of nitrogens with zero attached hydrogens (tertiary/aromatic N) is 1. The largest absolute Gasteiger partial charge is 0.346 e. The minimum absolute atomic E-state index is 0.0528. The fourth-order valence-electron chi connectivity index (χ4n) is 2.26. The molecule has 2 rings (SSSR count). The molecular formula is C14H14N2O. The molecule has 1 aliphatic carbocycles. The summed E-state index contributed by atoms with van der Waals surface area (Å²) >= 11 is 0. The highest BCUT2D eigenvalue weighted by Crippen LogP contribution is 2.30. The van der Waals surface area contributed by atoms with Crippen LogP contribution in [0.25, 0.3) is 0 Å². The fourth-order valence-corrected chi connectivity index (χ4v) is 2.26. The summed E-state index contributed by atoms with van der Waals surface area (Å²) in [6, 6.07) is 7.86. The monoisotopic (exact) mass is 226 g/mol. The Hall–Kier alpha value is -2.08. The number of hydrogen-bond acceptors (Lipinski definition) is 2. The van der Waals surface area contributed by atoms with Crippen molar-refractivity contribution in [2.24, 2.45) is 0 Å². The number of fused-ring (bicyclic) bond motifs is 1. The molecule has 1 aliphatic rings. The molecule has 0 aromatic heterocycles. The van der Waals surface area contributed by atoms with Crippen molar-refractivity contribution in [2.45, 2.75) is 25.3 Å². The van der Waals surface area contributed by atoms with Crippen LogP contribution in [0.1, 0.15) is 35.6 Å². The van der Waals surface area contributed by atoms with E-state index in [1.807, 2.05) is 12.1 Å². The molecule has 17 heavy (non-hydrogen) atoms. The van der Waals surface area contributed by atoms with Gasteiger partial charge >= 0.3 is 0 Å². The second kappa shape index (κ2) is 4.84. The lowest BCUT2D eigenvalue weighted by atomic mass is 9.86. The zero-order valence-electron chi connectivity index (χ0n) is 9.57. The van der Waals surface area contributed by atoms with E-state index in [1.54, 1.807) is 6.07 Å². The summed E-state index contributed by atoms with van der Waals surface area (Å²) in [5, 5.41) is 11.8. The van der Waals surface area contributed by atoms with Crippen molar-refractivity contribution in [3.63, 3.8) is 0 Å². The predicted octanol–water partition coefficient (Wildman–Crippen LogP) is 2.24. The molecule has 1 aromatic carbocycles. The van der Waals surface area contributed by atoms with E-state index >= 15 is 0 Å². The van der Waals surface area contributed by atoms with Gasteiger partial charge in [0.15, 0.2) is 0 Å². The molecule has 1 atom stereocenters. The van der Waals surface area contributed by atoms with Gasteiger partial charge in [-0.05, 0) is 48.6 Å². The highest BCUT2D eigenvalue weighted by molar-refractivity contribution is 5.87. The van der Waals surface area contributed by atoms with Gasteiger partial charge in [0.1, 0.15) is 0 Å². The zero-order valence-corrected chi connectivity index (χ0v) is 9.57. The molecule has 3 heteroatoms. The Kier molecular flexibility index (Phi) is 3.24. The number of hydrogen-bond donors (Lipinski definition) is 1. The topological polar surface area (TPSA) is 52.9 Å². The van der Waals surface area contributed by atoms with E-state index in [0.717, 1.165) is 24.8 Å². The summed E-state index contributed by atoms with van der Waals surface area (Å²) in [5.74, 6) is -0.146. The minimum Gasteiger partial charge on any atom is -0.346 e. The van der Waals surface area contributed by atoms with E-state index in [-0.39, 0.29) is 11.9 Å². The van der Waals surface area contributed by atoms with Crippen molar-refractivity contribution in [3.05, 3.63) is 47.5 Å². The van der Waals surface area contributed by atoms with Gasteiger partial charge in [-0.15, -0.1) is 0 Å². The first kappa shape index (κ1) is 11.4. The van der Waals surface area contributed by atoms with Crippen molar-refractivity contribution in [1.29, 1.82) is 5.26 Å². The third kappa shape index (κ3) is 2.36. The number of amides is 1. The Morgan fingerprint density at radius 1 is 1.59 bits per heavy atom. The SMILES string of the molecule is C=CC(=O)NC1CCCc2cc(C#N)ccc21. The van der Waals surface area contributed by atoms with Gasteiger partial charge in [0.2, 0.25) is 5.91 Å². The van der Waals surface area contributed by atoms with Crippen LogP contribution in [0.3, 0.4) is 0 Å². The molecule has 0 spiro atoms. The third-order valence-corrected chi connectivity index (χ3v) is 3.09. The first-order valence-corrected chi connectivity index (χ1v) is 5.70. The lowest BCUT2D eigenvalue weighted by molar-refractivity contribution is -0.117. The molecule has 1 unspecified atom stereocenters. The number of carbonyl (C=O) groups excluding carboxylic acids is 1. The number of nitrogens with one attached hydrogen (secondary N) is 1. The van der Waals surface area contributed by atoms with Crippen molar-refractivity contribution < 1.29 is 4.79 Å². The minimum atomic E-state index is -0.146. The highest BCUT2D eigenvalue weighted by atomic mass is 16.1. The van der Waals surface area contributed by atoms with Crippen LogP contribution in [0, 0.1) is 11.3 Å². The Balaban J connectivity index is 2.29. The maximum absolute atomic E-state index is 11.3. The third-order valence-electron chi connectivity index (χ3n) is 3.09. The van der Waals surface area contributed by atoms with Gasteiger partial charge in [-0.25, -0.2) is 0 Å². The van der Waals surface area contributed by atoms with Crippen LogP contribution >= 0.6 is 0 Å². The molecule has 3 nitrogen and oxygen atoms in total. The molecule has 0 fully saturated rings. The molecule has 0 heterocycles. The van der Waals surface area contributed by atoms with Gasteiger partial charge in [-0.3, -0.25) is 4.79 Å². The van der Waals surface area contributed by atoms with Gasteiger partial charge in [0.05, 0.1) is 17.7 Å². The molecular weight excluding hydrogens is 212 g/mol. The Morgan fingerprint density at radius 3 is 3.12 bits per heavy atom. The van der Waals surface area contributed by atoms with Crippen LogP contribution in [0.15, 0.2) is 30.9 Å². The quantitative estimate of drug-likeness (QED) is 0.786. The van der Waals surface area contributed by atoms with E-state index in [4.69, 9.17) is 5.26 Å². The van der Waals surface area contributed by atoms with Crippen molar-refractivity contribution in [3.8, 4) is 6.07 Å². The van der Waals surface area contributed by atoms with Gasteiger partial charge in [0, 0.05) is 0 Å². The number of rotatable bonds is 2. The maximum Gasteiger partial charge on any atom is 0.243 e. The predicted molar refractivity (Wildman–Crippen MR) is 65.2 cm³/mol. The Labute approximate surface area is 101 Å². The van der Waals surface area contributed by atoms with E-state index in [0.29, 0.717) is 5.56 Å². The van der Waals surface area contributed by atoms with Crippen LogP contribution in [0.5, 0.6) is 0 Å². The van der Waals surface area contributed by atoms with Crippen LogP contribution in [-0.2, 0) is 11.2 Å². The number of aryl methyl sites for hydroxylation is 1. The van der Waals surface area contributed by atoms with Crippen LogP contribution in [0.4, 0.5) is 0 Å². The lowest BCUT2D eigenvalue weighted by Crippen LogP contribution is -2.29. The number of nitriles is 1. The molecule has 1 amide bonds. The smallest absolute Gasteiger partial charge is 0.243 e. The van der Waals surface area contributed by atoms with Crippen LogP contribution < -0.4 is 5.32 Å². The van der Waals surface area contributed by atoms with Gasteiger partial charge in [0.25, 0.3) is 0 Å². The summed E-state index contributed by atoms with van der Waals surface area (Å²) in [5.41, 5.74) is 2.98. The van der Waals surface area contributed by atoms with E-state index in [1.165, 1.54) is 11.6 Å². The van der Waals surface area contributed by atoms with Gasteiger partial charge in [-0.2, -0.15) is 5.26 Å². The molecule has 86 valence electrons. The highest BCUT2D eigenvalue weighted by Gasteiger charge is 2.21. The van der Waals surface area contributed by atoms with Crippen molar-refractivity contribution in [1.82, 2.24) is 5.32 Å². The Morgan fingerprint density at radius 2 is 2.41 bits per heavy atom. The summed E-state index contributed by atoms with van der Waals surface area (Å²) < 4.78 is 0. The summed E-state index contributed by atoms with van der Waals surface area (Å²) in [7, 11) is 0. The standard InChI is InChI=1S/C14H14N2O/c1-2-14(17)16-13-5-3-4-11-8-10(9-15)6-7-12(11)13/h2,6-8,13H,1,3-5H2,(H,16,17). The average molecular weight is 226 g/mol. The Bertz CT molecular complexity index is 499. The molecule has 0 radical (unpaired) electrons. The fraction of sp³-hybridized carbons (Fsp3) is 0.286. The van der Waals surface area contributed by atoms with E-state index in [9.17, 15) is 4.79 Å². The second-order valence-corrected chi connectivity index (χ2v) is 4.18. The maximum atomic E-state index is 11.3. The molecule has 1 aromatic rings. The molecule has 1 N–H and O–H groups in total. The number of benzene rings is 1. The number of carbonyl (C=O) groups is 1. The zero-order chi connectivity index (χ0) is 12.3. The summed E-state index contributed by atoms with van der Waals surface area (Å²) in [6.07, 6.45) is 4.24. The van der Waals surface area contributed by atoms with Gasteiger partial charge < -0.3 is 5.32 Å². The van der Waals surface area contributed by atoms with E-state index < -0.39 is 0 Å². The molecule has 0 saturated heterocycles. The van der Waals surface area contributed by atoms with Crippen LogP contribution in [-0.4, -0.2) is 5.91 Å². The van der Waals surface area contributed by atoms with Crippen molar-refractivity contribution in [2.75, 3.05) is 0 Å². The van der Waals surface area contributed by atoms with Gasteiger partial charge in [-0.1, -0.05) is 12.6 Å². The first-order chi connectivity index (χ1) is 8.24. The first-order valence-electron chi connectivity index (χ1n) is 5.70. The average Bonchev–Trinajstić information content (AvgIpc) is 2.38. The normalized spacial score (nSPS) is 17.7. The molecule has 0 aliphatic heterocycles. The second-order valence-electron chi connectivity index (χ2n) is 4.18. The van der Waals surface area contributed by atoms with E-state index in [2.05, 4.69) is 18.0 Å². The summed E-state index contributed by atoms with van der Waals surface area (Å²) in [4.78, 5) is 11.3.